The van der Waals surface area contributed by atoms with Gasteiger partial charge in [0.1, 0.15) is 12.3 Å². The van der Waals surface area contributed by atoms with Crippen LogP contribution in [0.5, 0.6) is 0 Å². The molecule has 1 aromatic heterocycles. The van der Waals surface area contributed by atoms with E-state index in [4.69, 9.17) is 4.74 Å². The molecule has 1 aliphatic rings. The quantitative estimate of drug-likeness (QED) is 0.606. The van der Waals surface area contributed by atoms with Crippen molar-refractivity contribution in [3.63, 3.8) is 0 Å². The molecular weight excluding hydrogens is 230 g/mol. The van der Waals surface area contributed by atoms with Gasteiger partial charge in [0.05, 0.1) is 6.20 Å². The standard InChI is InChI=1S/C13H19N3O2/c17-13(12-9-14-6-7-16-12)10-18-8-4-11-3-1-2-5-15-11/h6-7,9,11,15H,1-5,8,10H2. The molecule has 0 aromatic carbocycles. The van der Waals surface area contributed by atoms with Gasteiger partial charge in [-0.1, -0.05) is 6.42 Å². The number of ether oxygens (including phenoxy) is 1. The number of ketones is 1. The van der Waals surface area contributed by atoms with Crippen LogP contribution in [0, 0.1) is 0 Å². The van der Waals surface area contributed by atoms with E-state index in [9.17, 15) is 4.79 Å². The van der Waals surface area contributed by atoms with E-state index >= 15 is 0 Å². The number of Topliss-reactive ketones (excluding diaryl/α,β-unsaturated/α-hetero) is 1. The number of nitrogens with one attached hydrogen (secondary N) is 1. The molecule has 0 aliphatic carbocycles. The smallest absolute Gasteiger partial charge is 0.208 e. The first-order valence-electron chi connectivity index (χ1n) is 6.46. The Morgan fingerprint density at radius 3 is 3.11 bits per heavy atom. The van der Waals surface area contributed by atoms with Gasteiger partial charge in [-0.15, -0.1) is 0 Å². The topological polar surface area (TPSA) is 64.1 Å². The minimum absolute atomic E-state index is 0.0887. The molecule has 1 unspecified atom stereocenters. The summed E-state index contributed by atoms with van der Waals surface area (Å²) in [4.78, 5) is 19.5. The summed E-state index contributed by atoms with van der Waals surface area (Å²) in [6.07, 6.45) is 9.26. The second-order valence-corrected chi connectivity index (χ2v) is 4.50. The van der Waals surface area contributed by atoms with E-state index in [0.29, 0.717) is 18.3 Å². The van der Waals surface area contributed by atoms with E-state index in [-0.39, 0.29) is 12.4 Å². The van der Waals surface area contributed by atoms with Crippen molar-refractivity contribution in [3.8, 4) is 0 Å². The molecule has 1 fully saturated rings. The van der Waals surface area contributed by atoms with Crippen molar-refractivity contribution in [2.45, 2.75) is 31.7 Å². The van der Waals surface area contributed by atoms with Crippen LogP contribution in [0.15, 0.2) is 18.6 Å². The number of hydrogen-bond acceptors (Lipinski definition) is 5. The Bertz CT molecular complexity index is 364. The monoisotopic (exact) mass is 249 g/mol. The largest absolute Gasteiger partial charge is 0.373 e. The van der Waals surface area contributed by atoms with Crippen LogP contribution in [0.4, 0.5) is 0 Å². The summed E-state index contributed by atoms with van der Waals surface area (Å²) in [7, 11) is 0. The van der Waals surface area contributed by atoms with Gasteiger partial charge in [0.2, 0.25) is 5.78 Å². The third-order valence-corrected chi connectivity index (χ3v) is 3.11. The van der Waals surface area contributed by atoms with Crippen molar-refractivity contribution in [3.05, 3.63) is 24.3 Å². The SMILES string of the molecule is O=C(COCCC1CCCCN1)c1cnccn1. The molecule has 0 radical (unpaired) electrons. The van der Waals surface area contributed by atoms with Gasteiger partial charge in [-0.05, 0) is 25.8 Å². The maximum atomic E-state index is 11.7. The number of piperidine rings is 1. The van der Waals surface area contributed by atoms with Crippen LogP contribution in [-0.2, 0) is 4.74 Å². The molecule has 98 valence electrons. The van der Waals surface area contributed by atoms with E-state index in [1.165, 1.54) is 31.7 Å². The lowest BCUT2D eigenvalue weighted by Crippen LogP contribution is -2.34. The van der Waals surface area contributed by atoms with Crippen molar-refractivity contribution < 1.29 is 9.53 Å². The van der Waals surface area contributed by atoms with Crippen LogP contribution >= 0.6 is 0 Å². The van der Waals surface area contributed by atoms with Crippen LogP contribution < -0.4 is 5.32 Å². The molecule has 0 spiro atoms. The molecule has 5 heteroatoms. The number of aromatic nitrogens is 2. The highest BCUT2D eigenvalue weighted by molar-refractivity contribution is 5.94. The van der Waals surface area contributed by atoms with Crippen LogP contribution in [0.1, 0.15) is 36.2 Å². The first-order chi connectivity index (χ1) is 8.86. The Kier molecular flexibility index (Phi) is 5.23. The van der Waals surface area contributed by atoms with Crippen LogP contribution in [0.2, 0.25) is 0 Å². The van der Waals surface area contributed by atoms with Crippen molar-refractivity contribution in [1.82, 2.24) is 15.3 Å². The average molecular weight is 249 g/mol. The molecule has 1 saturated heterocycles. The fraction of sp³-hybridized carbons (Fsp3) is 0.615. The van der Waals surface area contributed by atoms with Crippen molar-refractivity contribution in [2.24, 2.45) is 0 Å². The molecule has 0 saturated carbocycles. The Labute approximate surface area is 107 Å². The highest BCUT2D eigenvalue weighted by atomic mass is 16.5. The van der Waals surface area contributed by atoms with Gasteiger partial charge in [-0.25, -0.2) is 4.98 Å². The Morgan fingerprint density at radius 2 is 2.39 bits per heavy atom. The lowest BCUT2D eigenvalue weighted by atomic mass is 10.0. The van der Waals surface area contributed by atoms with Gasteiger partial charge in [0.25, 0.3) is 0 Å². The summed E-state index contributed by atoms with van der Waals surface area (Å²) >= 11 is 0. The zero-order valence-corrected chi connectivity index (χ0v) is 10.5. The molecule has 0 amide bonds. The molecule has 1 aliphatic heterocycles. The maximum Gasteiger partial charge on any atom is 0.208 e. The summed E-state index contributed by atoms with van der Waals surface area (Å²) < 4.78 is 5.40. The maximum absolute atomic E-state index is 11.7. The number of rotatable bonds is 6. The summed E-state index contributed by atoms with van der Waals surface area (Å²) in [6.45, 7) is 1.80. The van der Waals surface area contributed by atoms with Crippen LogP contribution in [-0.4, -0.2) is 41.6 Å². The summed E-state index contributed by atoms with van der Waals surface area (Å²) in [6, 6.07) is 0.547. The third-order valence-electron chi connectivity index (χ3n) is 3.11. The van der Waals surface area contributed by atoms with E-state index in [1.807, 2.05) is 0 Å². The molecule has 1 atom stereocenters. The molecule has 1 N–H and O–H groups in total. The lowest BCUT2D eigenvalue weighted by Gasteiger charge is -2.23. The van der Waals surface area contributed by atoms with Crippen molar-refractivity contribution in [2.75, 3.05) is 19.8 Å². The summed E-state index contributed by atoms with van der Waals surface area (Å²) in [5.41, 5.74) is 0.369. The van der Waals surface area contributed by atoms with Crippen LogP contribution in [0.25, 0.3) is 0 Å². The molecule has 1 aromatic rings. The van der Waals surface area contributed by atoms with E-state index in [1.54, 1.807) is 6.20 Å². The highest BCUT2D eigenvalue weighted by Gasteiger charge is 2.12. The van der Waals surface area contributed by atoms with Gasteiger partial charge in [0.15, 0.2) is 0 Å². The van der Waals surface area contributed by atoms with Gasteiger partial charge in [-0.2, -0.15) is 0 Å². The molecule has 0 bridgehead atoms. The van der Waals surface area contributed by atoms with E-state index in [0.717, 1.165) is 13.0 Å². The van der Waals surface area contributed by atoms with Gasteiger partial charge in [-0.3, -0.25) is 9.78 Å². The zero-order chi connectivity index (χ0) is 12.6. The van der Waals surface area contributed by atoms with Gasteiger partial charge < -0.3 is 10.1 Å². The normalized spacial score (nSPS) is 19.7. The fourth-order valence-electron chi connectivity index (χ4n) is 2.08. The molecular formula is C13H19N3O2. The van der Waals surface area contributed by atoms with E-state index in [2.05, 4.69) is 15.3 Å². The number of carbonyl (C=O) groups is 1. The Balaban J connectivity index is 1.62. The number of carbonyl (C=O) groups excluding carboxylic acids is 1. The number of nitrogens with zero attached hydrogens (tertiary/aromatic N) is 2. The fourth-order valence-corrected chi connectivity index (χ4v) is 2.08. The summed E-state index contributed by atoms with van der Waals surface area (Å²) in [5, 5.41) is 3.45. The van der Waals surface area contributed by atoms with Crippen LogP contribution in [0.3, 0.4) is 0 Å². The molecule has 18 heavy (non-hydrogen) atoms. The first kappa shape index (κ1) is 13.1. The zero-order valence-electron chi connectivity index (χ0n) is 10.5. The second kappa shape index (κ2) is 7.18. The molecule has 2 heterocycles. The second-order valence-electron chi connectivity index (χ2n) is 4.50. The van der Waals surface area contributed by atoms with Gasteiger partial charge in [0, 0.05) is 25.0 Å². The predicted molar refractivity (Wildman–Crippen MR) is 67.4 cm³/mol. The Morgan fingerprint density at radius 1 is 1.44 bits per heavy atom. The lowest BCUT2D eigenvalue weighted by molar-refractivity contribution is 0.0731. The minimum Gasteiger partial charge on any atom is -0.373 e. The minimum atomic E-state index is -0.111. The van der Waals surface area contributed by atoms with Crippen molar-refractivity contribution >= 4 is 5.78 Å². The predicted octanol–water partition coefficient (Wildman–Crippen LogP) is 1.21. The first-order valence-corrected chi connectivity index (χ1v) is 6.46. The Hall–Kier alpha value is -1.33. The van der Waals surface area contributed by atoms with Gasteiger partial charge >= 0.3 is 0 Å². The molecule has 2 rings (SSSR count). The summed E-state index contributed by atoms with van der Waals surface area (Å²) in [5.74, 6) is -0.111. The van der Waals surface area contributed by atoms with Crippen molar-refractivity contribution in [1.29, 1.82) is 0 Å². The molecule has 5 nitrogen and oxygen atoms in total. The highest BCUT2D eigenvalue weighted by Crippen LogP contribution is 2.09. The van der Waals surface area contributed by atoms with E-state index < -0.39 is 0 Å². The number of hydrogen-bond donors (Lipinski definition) is 1. The average Bonchev–Trinajstić information content (AvgIpc) is 2.45. The third kappa shape index (κ3) is 4.16.